The highest BCUT2D eigenvalue weighted by atomic mass is 79.9. The van der Waals surface area contributed by atoms with Gasteiger partial charge in [-0.2, -0.15) is 0 Å². The molecule has 90 valence electrons. The molecule has 2 heterocycles. The lowest BCUT2D eigenvalue weighted by Crippen LogP contribution is -2.22. The number of hydrogen-bond donors (Lipinski definition) is 1. The highest BCUT2D eigenvalue weighted by Crippen LogP contribution is 2.28. The largest absolute Gasteiger partial charge is 0.306 e. The summed E-state index contributed by atoms with van der Waals surface area (Å²) in [6.07, 6.45) is 3.74. The predicted molar refractivity (Wildman–Crippen MR) is 76.5 cm³/mol. The van der Waals surface area contributed by atoms with Crippen molar-refractivity contribution >= 4 is 27.3 Å². The van der Waals surface area contributed by atoms with Crippen molar-refractivity contribution in [1.82, 2.24) is 10.3 Å². The van der Waals surface area contributed by atoms with Gasteiger partial charge >= 0.3 is 0 Å². The van der Waals surface area contributed by atoms with E-state index in [-0.39, 0.29) is 6.04 Å². The lowest BCUT2D eigenvalue weighted by molar-refractivity contribution is 0.627. The minimum absolute atomic E-state index is 0.233. The number of pyridine rings is 1. The second kappa shape index (κ2) is 5.76. The molecule has 17 heavy (non-hydrogen) atoms. The maximum Gasteiger partial charge on any atom is 0.0603 e. The Labute approximate surface area is 114 Å². The molecular weight excluding hydrogens is 296 g/mol. The molecule has 0 fully saturated rings. The van der Waals surface area contributed by atoms with E-state index >= 15 is 0 Å². The fourth-order valence-corrected chi connectivity index (χ4v) is 3.02. The molecular formula is C13H15BrN2S. The molecule has 2 nitrogen and oxygen atoms in total. The molecule has 2 aromatic rings. The van der Waals surface area contributed by atoms with E-state index in [1.165, 1.54) is 16.0 Å². The molecule has 0 aliphatic heterocycles. The van der Waals surface area contributed by atoms with Gasteiger partial charge in [0.05, 0.1) is 6.04 Å². The Hall–Kier alpha value is -0.710. The average molecular weight is 311 g/mol. The molecule has 0 saturated carbocycles. The number of nitrogens with one attached hydrogen (secondary N) is 1. The molecule has 2 rings (SSSR count). The van der Waals surface area contributed by atoms with Crippen molar-refractivity contribution in [2.75, 3.05) is 6.54 Å². The van der Waals surface area contributed by atoms with Crippen LogP contribution in [-0.2, 0) is 0 Å². The zero-order valence-electron chi connectivity index (χ0n) is 9.90. The summed E-state index contributed by atoms with van der Waals surface area (Å²) in [4.78, 5) is 5.60. The van der Waals surface area contributed by atoms with Crippen LogP contribution in [0.3, 0.4) is 0 Å². The second-order valence-electron chi connectivity index (χ2n) is 3.86. The lowest BCUT2D eigenvalue weighted by Gasteiger charge is -2.18. The normalized spacial score (nSPS) is 12.6. The van der Waals surface area contributed by atoms with Crippen molar-refractivity contribution in [3.8, 4) is 0 Å². The third-order valence-electron chi connectivity index (χ3n) is 2.68. The average Bonchev–Trinajstić information content (AvgIpc) is 2.72. The molecule has 0 spiro atoms. The van der Waals surface area contributed by atoms with Crippen molar-refractivity contribution in [3.05, 3.63) is 50.4 Å². The first kappa shape index (κ1) is 12.7. The van der Waals surface area contributed by atoms with Gasteiger partial charge < -0.3 is 5.32 Å². The van der Waals surface area contributed by atoms with Gasteiger partial charge in [-0.15, -0.1) is 11.3 Å². The lowest BCUT2D eigenvalue weighted by atomic mass is 10.0. The molecule has 0 aromatic carbocycles. The van der Waals surface area contributed by atoms with Crippen molar-refractivity contribution in [3.63, 3.8) is 0 Å². The molecule has 0 aliphatic carbocycles. The number of nitrogens with zero attached hydrogens (tertiary/aromatic N) is 1. The van der Waals surface area contributed by atoms with Crippen LogP contribution in [0.5, 0.6) is 0 Å². The topological polar surface area (TPSA) is 24.9 Å². The zero-order valence-corrected chi connectivity index (χ0v) is 12.3. The van der Waals surface area contributed by atoms with Crippen LogP contribution in [0.4, 0.5) is 0 Å². The van der Waals surface area contributed by atoms with Crippen LogP contribution >= 0.6 is 27.3 Å². The molecule has 1 N–H and O–H groups in total. The van der Waals surface area contributed by atoms with Crippen molar-refractivity contribution in [2.45, 2.75) is 19.9 Å². The van der Waals surface area contributed by atoms with Crippen LogP contribution in [0.1, 0.15) is 29.0 Å². The third-order valence-corrected chi connectivity index (χ3v) is 3.97. The van der Waals surface area contributed by atoms with E-state index in [0.717, 1.165) is 11.0 Å². The summed E-state index contributed by atoms with van der Waals surface area (Å²) >= 11 is 5.26. The van der Waals surface area contributed by atoms with Gasteiger partial charge in [0, 0.05) is 21.7 Å². The molecule has 0 bridgehead atoms. The minimum atomic E-state index is 0.233. The number of halogens is 1. The molecule has 1 atom stereocenters. The first-order chi connectivity index (χ1) is 8.22. The quantitative estimate of drug-likeness (QED) is 0.926. The van der Waals surface area contributed by atoms with Crippen LogP contribution < -0.4 is 5.32 Å². The smallest absolute Gasteiger partial charge is 0.0603 e. The Morgan fingerprint density at radius 1 is 1.47 bits per heavy atom. The molecule has 1 unspecified atom stereocenters. The fourth-order valence-electron chi connectivity index (χ4n) is 1.89. The van der Waals surface area contributed by atoms with Crippen molar-refractivity contribution < 1.29 is 0 Å². The Morgan fingerprint density at radius 2 is 2.29 bits per heavy atom. The Morgan fingerprint density at radius 3 is 2.88 bits per heavy atom. The molecule has 0 saturated heterocycles. The van der Waals surface area contributed by atoms with Gasteiger partial charge in [-0.1, -0.05) is 6.92 Å². The van der Waals surface area contributed by atoms with Gasteiger partial charge in [-0.3, -0.25) is 4.98 Å². The third kappa shape index (κ3) is 2.94. The molecule has 0 radical (unpaired) electrons. The SMILES string of the molecule is CCNC(c1cncc(Br)c1)c1ccsc1C. The summed E-state index contributed by atoms with van der Waals surface area (Å²) in [7, 11) is 0. The molecule has 2 aromatic heterocycles. The first-order valence-electron chi connectivity index (χ1n) is 5.60. The van der Waals surface area contributed by atoms with Gasteiger partial charge in [0.25, 0.3) is 0 Å². The summed E-state index contributed by atoms with van der Waals surface area (Å²) in [5.41, 5.74) is 2.54. The van der Waals surface area contributed by atoms with Gasteiger partial charge in [-0.25, -0.2) is 0 Å². The van der Waals surface area contributed by atoms with E-state index in [2.05, 4.69) is 57.6 Å². The minimum Gasteiger partial charge on any atom is -0.306 e. The van der Waals surface area contributed by atoms with Crippen LogP contribution in [0.25, 0.3) is 0 Å². The van der Waals surface area contributed by atoms with Crippen LogP contribution in [0, 0.1) is 6.92 Å². The van der Waals surface area contributed by atoms with Crippen LogP contribution in [-0.4, -0.2) is 11.5 Å². The summed E-state index contributed by atoms with van der Waals surface area (Å²) in [5.74, 6) is 0. The molecule has 4 heteroatoms. The van der Waals surface area contributed by atoms with E-state index in [1.54, 1.807) is 11.3 Å². The summed E-state index contributed by atoms with van der Waals surface area (Å²) < 4.78 is 1.02. The van der Waals surface area contributed by atoms with E-state index in [4.69, 9.17) is 0 Å². The van der Waals surface area contributed by atoms with Gasteiger partial charge in [0.2, 0.25) is 0 Å². The summed E-state index contributed by atoms with van der Waals surface area (Å²) in [6, 6.07) is 4.54. The number of rotatable bonds is 4. The Kier molecular flexibility index (Phi) is 4.31. The first-order valence-corrected chi connectivity index (χ1v) is 7.27. The Balaban J connectivity index is 2.39. The van der Waals surface area contributed by atoms with Gasteiger partial charge in [-0.05, 0) is 58.0 Å². The van der Waals surface area contributed by atoms with Crippen molar-refractivity contribution in [2.24, 2.45) is 0 Å². The number of aromatic nitrogens is 1. The van der Waals surface area contributed by atoms with Crippen molar-refractivity contribution in [1.29, 1.82) is 0 Å². The molecule has 0 aliphatic rings. The van der Waals surface area contributed by atoms with E-state index < -0.39 is 0 Å². The van der Waals surface area contributed by atoms with Crippen LogP contribution in [0.15, 0.2) is 34.4 Å². The molecule has 0 amide bonds. The highest BCUT2D eigenvalue weighted by Gasteiger charge is 2.16. The Bertz CT molecular complexity index is 496. The van der Waals surface area contributed by atoms with Crippen LogP contribution in [0.2, 0.25) is 0 Å². The summed E-state index contributed by atoms with van der Waals surface area (Å²) in [6.45, 7) is 5.22. The predicted octanol–water partition coefficient (Wildman–Crippen LogP) is 3.91. The number of hydrogen-bond acceptors (Lipinski definition) is 3. The summed E-state index contributed by atoms with van der Waals surface area (Å²) in [5, 5.41) is 5.65. The monoisotopic (exact) mass is 310 g/mol. The van der Waals surface area contributed by atoms with E-state index in [1.807, 2.05) is 12.4 Å². The standard InChI is InChI=1S/C13H15BrN2S/c1-3-16-13(12-4-5-17-9(12)2)10-6-11(14)8-15-7-10/h4-8,13,16H,3H2,1-2H3. The number of aryl methyl sites for hydroxylation is 1. The van der Waals surface area contributed by atoms with E-state index in [9.17, 15) is 0 Å². The highest BCUT2D eigenvalue weighted by molar-refractivity contribution is 9.10. The van der Waals surface area contributed by atoms with E-state index in [0.29, 0.717) is 0 Å². The maximum absolute atomic E-state index is 4.24. The maximum atomic E-state index is 4.24. The second-order valence-corrected chi connectivity index (χ2v) is 5.90. The fraction of sp³-hybridized carbons (Fsp3) is 0.308. The zero-order chi connectivity index (χ0) is 12.3. The van der Waals surface area contributed by atoms with Gasteiger partial charge in [0.15, 0.2) is 0 Å². The van der Waals surface area contributed by atoms with Gasteiger partial charge in [0.1, 0.15) is 0 Å². The number of thiophene rings is 1.